The van der Waals surface area contributed by atoms with Crippen LogP contribution >= 0.6 is 15.9 Å². The van der Waals surface area contributed by atoms with Gasteiger partial charge in [0.15, 0.2) is 6.10 Å². The molecule has 0 bridgehead atoms. The van der Waals surface area contributed by atoms with Crippen LogP contribution in [0, 0.1) is 5.92 Å². The van der Waals surface area contributed by atoms with E-state index in [1.54, 1.807) is 6.92 Å². The van der Waals surface area contributed by atoms with Gasteiger partial charge in [0, 0.05) is 5.33 Å². The van der Waals surface area contributed by atoms with Gasteiger partial charge in [0.2, 0.25) is 0 Å². The average Bonchev–Trinajstić information content (AvgIpc) is 2.36. The van der Waals surface area contributed by atoms with Gasteiger partial charge in [-0.05, 0) is 30.5 Å². The number of ether oxygens (including phenoxy) is 2. The second-order valence-corrected chi connectivity index (χ2v) is 5.13. The Morgan fingerprint density at radius 1 is 1.33 bits per heavy atom. The predicted molar refractivity (Wildman–Crippen MR) is 75.0 cm³/mol. The van der Waals surface area contributed by atoms with E-state index in [0.29, 0.717) is 18.3 Å². The zero-order valence-corrected chi connectivity index (χ0v) is 12.6. The van der Waals surface area contributed by atoms with Crippen LogP contribution in [0.3, 0.4) is 0 Å². The van der Waals surface area contributed by atoms with Crippen LogP contribution in [0.2, 0.25) is 0 Å². The van der Waals surface area contributed by atoms with Crippen LogP contribution < -0.4 is 4.74 Å². The summed E-state index contributed by atoms with van der Waals surface area (Å²) in [6, 6.07) is 7.63. The van der Waals surface area contributed by atoms with Gasteiger partial charge in [-0.1, -0.05) is 41.9 Å². The van der Waals surface area contributed by atoms with Crippen molar-refractivity contribution in [3.8, 4) is 5.75 Å². The molecule has 1 aromatic rings. The number of hydrogen-bond donors (Lipinski definition) is 0. The predicted octanol–water partition coefficient (Wildman–Crippen LogP) is 3.55. The van der Waals surface area contributed by atoms with Crippen LogP contribution in [0.5, 0.6) is 5.75 Å². The summed E-state index contributed by atoms with van der Waals surface area (Å²) in [6.07, 6.45) is -0.589. The first-order valence-electron chi connectivity index (χ1n) is 6.01. The fourth-order valence-electron chi connectivity index (χ4n) is 1.32. The molecule has 0 aliphatic carbocycles. The third-order valence-electron chi connectivity index (χ3n) is 2.26. The van der Waals surface area contributed by atoms with E-state index in [-0.39, 0.29) is 5.97 Å². The van der Waals surface area contributed by atoms with Crippen molar-refractivity contribution >= 4 is 21.9 Å². The molecular formula is C14H19BrO3. The minimum atomic E-state index is -0.589. The van der Waals surface area contributed by atoms with Gasteiger partial charge in [0.1, 0.15) is 5.75 Å². The van der Waals surface area contributed by atoms with Crippen molar-refractivity contribution < 1.29 is 14.3 Å². The second-order valence-electron chi connectivity index (χ2n) is 4.57. The molecule has 0 saturated heterocycles. The van der Waals surface area contributed by atoms with Crippen LogP contribution in [-0.4, -0.2) is 18.7 Å². The molecule has 1 rings (SSSR count). The van der Waals surface area contributed by atoms with Crippen molar-refractivity contribution in [1.29, 1.82) is 0 Å². The number of hydrogen-bond acceptors (Lipinski definition) is 3. The molecule has 0 radical (unpaired) electrons. The smallest absolute Gasteiger partial charge is 0.347 e. The molecule has 0 unspecified atom stereocenters. The minimum absolute atomic E-state index is 0.326. The average molecular weight is 315 g/mol. The summed E-state index contributed by atoms with van der Waals surface area (Å²) in [5.74, 6) is 0.687. The van der Waals surface area contributed by atoms with Crippen molar-refractivity contribution in [2.45, 2.75) is 32.2 Å². The maximum atomic E-state index is 11.6. The maximum absolute atomic E-state index is 11.6. The number of benzene rings is 1. The molecule has 0 aromatic heterocycles. The molecule has 3 nitrogen and oxygen atoms in total. The molecule has 1 atom stereocenters. The Balaban J connectivity index is 2.52. The Kier molecular flexibility index (Phi) is 6.19. The van der Waals surface area contributed by atoms with E-state index < -0.39 is 6.10 Å². The number of carbonyl (C=O) groups is 1. The summed E-state index contributed by atoms with van der Waals surface area (Å²) >= 11 is 3.38. The summed E-state index contributed by atoms with van der Waals surface area (Å²) in [4.78, 5) is 11.6. The quantitative estimate of drug-likeness (QED) is 0.595. The summed E-state index contributed by atoms with van der Waals surface area (Å²) in [5, 5.41) is 0.760. The molecule has 4 heteroatoms. The van der Waals surface area contributed by atoms with E-state index in [2.05, 4.69) is 15.9 Å². The first-order valence-corrected chi connectivity index (χ1v) is 7.13. The normalized spacial score (nSPS) is 12.3. The van der Waals surface area contributed by atoms with Gasteiger partial charge in [-0.2, -0.15) is 0 Å². The van der Waals surface area contributed by atoms with Gasteiger partial charge in [-0.15, -0.1) is 0 Å². The fraction of sp³-hybridized carbons (Fsp3) is 0.500. The lowest BCUT2D eigenvalue weighted by Gasteiger charge is -2.15. The Hall–Kier alpha value is -1.03. The third-order valence-corrected chi connectivity index (χ3v) is 2.90. The van der Waals surface area contributed by atoms with E-state index in [1.165, 1.54) is 0 Å². The minimum Gasteiger partial charge on any atom is -0.479 e. The molecule has 0 fully saturated rings. The van der Waals surface area contributed by atoms with Gasteiger partial charge in [0.25, 0.3) is 0 Å². The second kappa shape index (κ2) is 7.41. The van der Waals surface area contributed by atoms with Crippen LogP contribution in [-0.2, 0) is 14.9 Å². The SMILES string of the molecule is CC(C)COC(=O)[C@H](C)Oc1cccc(CBr)c1. The zero-order chi connectivity index (χ0) is 13.5. The molecule has 0 spiro atoms. The van der Waals surface area contributed by atoms with E-state index >= 15 is 0 Å². The first kappa shape index (κ1) is 15.0. The number of esters is 1. The van der Waals surface area contributed by atoms with Crippen LogP contribution in [0.15, 0.2) is 24.3 Å². The van der Waals surface area contributed by atoms with Crippen molar-refractivity contribution in [1.82, 2.24) is 0 Å². The summed E-state index contributed by atoms with van der Waals surface area (Å²) < 4.78 is 10.7. The number of halogens is 1. The van der Waals surface area contributed by atoms with Crippen molar-refractivity contribution in [2.24, 2.45) is 5.92 Å². The summed E-state index contributed by atoms with van der Waals surface area (Å²) in [7, 11) is 0. The lowest BCUT2D eigenvalue weighted by molar-refractivity contribution is -0.152. The van der Waals surface area contributed by atoms with Gasteiger partial charge in [-0.25, -0.2) is 4.79 Å². The Morgan fingerprint density at radius 3 is 2.67 bits per heavy atom. The number of carbonyl (C=O) groups excluding carboxylic acids is 1. The van der Waals surface area contributed by atoms with Gasteiger partial charge in [0.05, 0.1) is 6.61 Å². The standard InChI is InChI=1S/C14H19BrO3/c1-10(2)9-17-14(16)11(3)18-13-6-4-5-12(7-13)8-15/h4-7,10-11H,8-9H2,1-3H3/t11-/m0/s1. The highest BCUT2D eigenvalue weighted by Crippen LogP contribution is 2.17. The molecule has 0 amide bonds. The summed E-state index contributed by atoms with van der Waals surface area (Å²) in [6.45, 7) is 6.12. The third kappa shape index (κ3) is 5.08. The highest BCUT2D eigenvalue weighted by Gasteiger charge is 2.16. The first-order chi connectivity index (χ1) is 8.52. The molecule has 1 aromatic carbocycles. The molecular weight excluding hydrogens is 296 g/mol. The highest BCUT2D eigenvalue weighted by molar-refractivity contribution is 9.08. The van der Waals surface area contributed by atoms with Crippen LogP contribution in [0.4, 0.5) is 0 Å². The highest BCUT2D eigenvalue weighted by atomic mass is 79.9. The maximum Gasteiger partial charge on any atom is 0.347 e. The molecule has 18 heavy (non-hydrogen) atoms. The Labute approximate surface area is 117 Å². The van der Waals surface area contributed by atoms with Crippen molar-refractivity contribution in [3.05, 3.63) is 29.8 Å². The zero-order valence-electron chi connectivity index (χ0n) is 11.0. The molecule has 0 aliphatic rings. The van der Waals surface area contributed by atoms with Crippen molar-refractivity contribution in [3.63, 3.8) is 0 Å². The lowest BCUT2D eigenvalue weighted by Crippen LogP contribution is -2.27. The monoisotopic (exact) mass is 314 g/mol. The summed E-state index contributed by atoms with van der Waals surface area (Å²) in [5.41, 5.74) is 1.11. The number of alkyl halides is 1. The van der Waals surface area contributed by atoms with E-state index in [1.807, 2.05) is 38.1 Å². The Bertz CT molecular complexity index is 390. The van der Waals surface area contributed by atoms with Gasteiger partial charge >= 0.3 is 5.97 Å². The lowest BCUT2D eigenvalue weighted by atomic mass is 10.2. The van der Waals surface area contributed by atoms with E-state index in [4.69, 9.17) is 9.47 Å². The van der Waals surface area contributed by atoms with Gasteiger partial charge < -0.3 is 9.47 Å². The largest absolute Gasteiger partial charge is 0.479 e. The van der Waals surface area contributed by atoms with E-state index in [9.17, 15) is 4.79 Å². The van der Waals surface area contributed by atoms with Crippen molar-refractivity contribution in [2.75, 3.05) is 6.61 Å². The Morgan fingerprint density at radius 2 is 2.06 bits per heavy atom. The number of rotatable bonds is 6. The molecule has 0 aliphatic heterocycles. The van der Waals surface area contributed by atoms with Crippen LogP contribution in [0.25, 0.3) is 0 Å². The molecule has 0 heterocycles. The molecule has 0 saturated carbocycles. The van der Waals surface area contributed by atoms with Crippen LogP contribution in [0.1, 0.15) is 26.3 Å². The van der Waals surface area contributed by atoms with Gasteiger partial charge in [-0.3, -0.25) is 0 Å². The fourth-order valence-corrected chi connectivity index (χ4v) is 1.67. The molecule has 100 valence electrons. The topological polar surface area (TPSA) is 35.5 Å². The molecule has 0 N–H and O–H groups in total. The van der Waals surface area contributed by atoms with E-state index in [0.717, 1.165) is 10.9 Å².